The lowest BCUT2D eigenvalue weighted by atomic mass is 10.1. The number of benzene rings is 2. The average Bonchev–Trinajstić information content (AvgIpc) is 3.31. The quantitative estimate of drug-likeness (QED) is 0.480. The van der Waals surface area contributed by atoms with E-state index >= 15 is 0 Å². The number of fused-ring (bicyclic) bond motifs is 1. The zero-order chi connectivity index (χ0) is 18.8. The number of nitrogens with zero attached hydrogens (tertiary/aromatic N) is 1. The number of oxazole rings is 1. The molecule has 27 heavy (non-hydrogen) atoms. The molecule has 0 aliphatic rings. The first-order valence-electron chi connectivity index (χ1n) is 8.22. The van der Waals surface area contributed by atoms with Crippen molar-refractivity contribution in [2.45, 2.75) is 6.92 Å². The molecule has 4 aromatic rings. The second kappa shape index (κ2) is 7.30. The Balaban J connectivity index is 1.50. The fourth-order valence-corrected chi connectivity index (χ4v) is 3.39. The molecule has 2 aromatic carbocycles. The van der Waals surface area contributed by atoms with Gasteiger partial charge in [-0.25, -0.2) is 4.98 Å². The lowest BCUT2D eigenvalue weighted by molar-refractivity contribution is 0.0981. The van der Waals surface area contributed by atoms with Gasteiger partial charge in [0, 0.05) is 11.3 Å². The molecule has 134 valence electrons. The molecule has 0 fully saturated rings. The Labute approximate surface area is 165 Å². The van der Waals surface area contributed by atoms with Crippen molar-refractivity contribution in [3.8, 4) is 11.5 Å². The van der Waals surface area contributed by atoms with Crippen LogP contribution in [0.15, 0.2) is 64.4 Å². The summed E-state index contributed by atoms with van der Waals surface area (Å²) < 4.78 is 5.83. The van der Waals surface area contributed by atoms with Crippen LogP contribution in [-0.2, 0) is 0 Å². The van der Waals surface area contributed by atoms with E-state index in [0.29, 0.717) is 21.9 Å². The molecule has 0 saturated heterocycles. The maximum absolute atomic E-state index is 12.0. The number of thiophene rings is 1. The van der Waals surface area contributed by atoms with Crippen molar-refractivity contribution in [3.63, 3.8) is 0 Å². The summed E-state index contributed by atoms with van der Waals surface area (Å²) in [5.41, 5.74) is 4.22. The van der Waals surface area contributed by atoms with Crippen molar-refractivity contribution < 1.29 is 9.21 Å². The number of amides is 1. The van der Waals surface area contributed by atoms with Crippen molar-refractivity contribution in [2.24, 2.45) is 0 Å². The van der Waals surface area contributed by atoms with Crippen LogP contribution in [0.5, 0.6) is 0 Å². The molecule has 0 atom stereocenters. The summed E-state index contributed by atoms with van der Waals surface area (Å²) in [6.07, 6.45) is 0. The topological polar surface area (TPSA) is 67.2 Å². The molecule has 4 rings (SSSR count). The Morgan fingerprint density at radius 1 is 1.15 bits per heavy atom. The molecule has 1 amide bonds. The third-order valence-electron chi connectivity index (χ3n) is 3.92. The van der Waals surface area contributed by atoms with E-state index in [4.69, 9.17) is 16.6 Å². The van der Waals surface area contributed by atoms with E-state index in [0.717, 1.165) is 11.3 Å². The van der Waals surface area contributed by atoms with Crippen LogP contribution in [0, 0.1) is 6.92 Å². The Bertz CT molecular complexity index is 1120. The third kappa shape index (κ3) is 3.89. The number of hydrogen-bond acceptors (Lipinski definition) is 5. The second-order valence-corrected chi connectivity index (χ2v) is 7.31. The summed E-state index contributed by atoms with van der Waals surface area (Å²) in [7, 11) is 0. The van der Waals surface area contributed by atoms with Crippen LogP contribution < -0.4 is 10.6 Å². The molecule has 0 saturated carbocycles. The van der Waals surface area contributed by atoms with Gasteiger partial charge in [0.1, 0.15) is 5.52 Å². The molecule has 2 heterocycles. The first kappa shape index (κ1) is 17.4. The zero-order valence-electron chi connectivity index (χ0n) is 14.4. The molecule has 2 aromatic heterocycles. The standard InChI is InChI=1S/C20H15N3O2S2/c1-12-4-6-13(7-5-12)19-22-15-11-14(8-9-16(15)25-19)21-20(26)23-18(24)17-3-2-10-27-17/h2-11H,1H3,(H2,21,23,24,26). The minimum absolute atomic E-state index is 0.230. The molecule has 0 spiro atoms. The molecule has 0 bridgehead atoms. The number of aromatic nitrogens is 1. The molecule has 0 aliphatic heterocycles. The van der Waals surface area contributed by atoms with E-state index in [2.05, 4.69) is 15.6 Å². The Hall–Kier alpha value is -3.03. The summed E-state index contributed by atoms with van der Waals surface area (Å²) in [4.78, 5) is 17.2. The van der Waals surface area contributed by atoms with Crippen molar-refractivity contribution in [3.05, 3.63) is 70.4 Å². The van der Waals surface area contributed by atoms with Crippen LogP contribution in [-0.4, -0.2) is 16.0 Å². The molecule has 0 unspecified atom stereocenters. The van der Waals surface area contributed by atoms with E-state index in [-0.39, 0.29) is 11.0 Å². The van der Waals surface area contributed by atoms with Gasteiger partial charge in [-0.1, -0.05) is 23.8 Å². The van der Waals surface area contributed by atoms with E-state index in [9.17, 15) is 4.79 Å². The predicted octanol–water partition coefficient (Wildman–Crippen LogP) is 4.99. The van der Waals surface area contributed by atoms with Gasteiger partial charge in [-0.15, -0.1) is 11.3 Å². The first-order valence-corrected chi connectivity index (χ1v) is 9.51. The maximum atomic E-state index is 12.0. The number of carbonyl (C=O) groups excluding carboxylic acids is 1. The van der Waals surface area contributed by atoms with Crippen LogP contribution in [0.3, 0.4) is 0 Å². The summed E-state index contributed by atoms with van der Waals surface area (Å²) in [5, 5.41) is 7.74. The van der Waals surface area contributed by atoms with Gasteiger partial charge in [-0.2, -0.15) is 0 Å². The summed E-state index contributed by atoms with van der Waals surface area (Å²) in [6.45, 7) is 2.04. The molecular formula is C20H15N3O2S2. The van der Waals surface area contributed by atoms with Crippen LogP contribution in [0.2, 0.25) is 0 Å². The highest BCUT2D eigenvalue weighted by Gasteiger charge is 2.11. The number of thiocarbonyl (C=S) groups is 1. The number of anilines is 1. The fourth-order valence-electron chi connectivity index (χ4n) is 2.56. The van der Waals surface area contributed by atoms with E-state index in [1.54, 1.807) is 6.07 Å². The van der Waals surface area contributed by atoms with Gasteiger partial charge in [0.25, 0.3) is 5.91 Å². The van der Waals surface area contributed by atoms with E-state index < -0.39 is 0 Å². The van der Waals surface area contributed by atoms with Gasteiger partial charge in [0.2, 0.25) is 5.89 Å². The number of rotatable bonds is 3. The van der Waals surface area contributed by atoms with Gasteiger partial charge >= 0.3 is 0 Å². The molecule has 0 radical (unpaired) electrons. The smallest absolute Gasteiger partial charge is 0.267 e. The average molecular weight is 393 g/mol. The molecule has 0 aliphatic carbocycles. The van der Waals surface area contributed by atoms with Crippen LogP contribution in [0.1, 0.15) is 15.2 Å². The minimum atomic E-state index is -0.230. The monoisotopic (exact) mass is 393 g/mol. The first-order chi connectivity index (χ1) is 13.1. The maximum Gasteiger partial charge on any atom is 0.267 e. The van der Waals surface area contributed by atoms with E-state index in [1.807, 2.05) is 60.8 Å². The highest BCUT2D eigenvalue weighted by atomic mass is 32.1. The highest BCUT2D eigenvalue weighted by molar-refractivity contribution is 7.80. The van der Waals surface area contributed by atoms with Gasteiger partial charge < -0.3 is 9.73 Å². The summed E-state index contributed by atoms with van der Waals surface area (Å²) >= 11 is 6.58. The largest absolute Gasteiger partial charge is 0.436 e. The lowest BCUT2D eigenvalue weighted by Gasteiger charge is -2.08. The van der Waals surface area contributed by atoms with Crippen molar-refractivity contribution in [2.75, 3.05) is 5.32 Å². The molecule has 2 N–H and O–H groups in total. The lowest BCUT2D eigenvalue weighted by Crippen LogP contribution is -2.33. The SMILES string of the molecule is Cc1ccc(-c2nc3cc(NC(=S)NC(=O)c4cccs4)ccc3o2)cc1. The van der Waals surface area contributed by atoms with Crippen molar-refractivity contribution in [1.82, 2.24) is 10.3 Å². The Kier molecular flexibility index (Phi) is 4.70. The van der Waals surface area contributed by atoms with Crippen molar-refractivity contribution in [1.29, 1.82) is 0 Å². The number of aryl methyl sites for hydroxylation is 1. The molecule has 5 nitrogen and oxygen atoms in total. The second-order valence-electron chi connectivity index (χ2n) is 5.95. The summed E-state index contributed by atoms with van der Waals surface area (Å²) in [5.74, 6) is 0.336. The van der Waals surface area contributed by atoms with Gasteiger partial charge in [-0.3, -0.25) is 10.1 Å². The summed E-state index contributed by atoms with van der Waals surface area (Å²) in [6, 6.07) is 17.1. The normalized spacial score (nSPS) is 10.7. The Morgan fingerprint density at radius 2 is 1.96 bits per heavy atom. The third-order valence-corrected chi connectivity index (χ3v) is 4.99. The highest BCUT2D eigenvalue weighted by Crippen LogP contribution is 2.26. The van der Waals surface area contributed by atoms with Crippen LogP contribution in [0.25, 0.3) is 22.6 Å². The van der Waals surface area contributed by atoms with E-state index in [1.165, 1.54) is 16.9 Å². The van der Waals surface area contributed by atoms with Gasteiger partial charge in [0.05, 0.1) is 4.88 Å². The minimum Gasteiger partial charge on any atom is -0.436 e. The fraction of sp³-hybridized carbons (Fsp3) is 0.0500. The van der Waals surface area contributed by atoms with Crippen LogP contribution >= 0.6 is 23.6 Å². The van der Waals surface area contributed by atoms with Gasteiger partial charge in [-0.05, 0) is 60.9 Å². The number of carbonyl (C=O) groups is 1. The Morgan fingerprint density at radius 3 is 2.70 bits per heavy atom. The zero-order valence-corrected chi connectivity index (χ0v) is 16.0. The van der Waals surface area contributed by atoms with Gasteiger partial charge in [0.15, 0.2) is 10.7 Å². The molecule has 7 heteroatoms. The predicted molar refractivity (Wildman–Crippen MR) is 112 cm³/mol. The molecular weight excluding hydrogens is 378 g/mol. The number of nitrogens with one attached hydrogen (secondary N) is 2. The van der Waals surface area contributed by atoms with Crippen LogP contribution in [0.4, 0.5) is 5.69 Å². The number of hydrogen-bond donors (Lipinski definition) is 2. The van der Waals surface area contributed by atoms with Crippen molar-refractivity contribution >= 4 is 51.4 Å².